The lowest BCUT2D eigenvalue weighted by Crippen LogP contribution is -1.83. The molecule has 0 saturated carbocycles. The molecular formula is C10H20O. The SMILES string of the molecule is C/C=C\C(OC)=C(C)C.CC. The molecule has 0 atom stereocenters. The Hall–Kier alpha value is -0.720. The fourth-order valence-corrected chi connectivity index (χ4v) is 0.590. The van der Waals surface area contributed by atoms with Gasteiger partial charge in [-0.05, 0) is 32.4 Å². The Kier molecular flexibility index (Phi) is 10.9. The summed E-state index contributed by atoms with van der Waals surface area (Å²) in [6.07, 6.45) is 3.92. The van der Waals surface area contributed by atoms with Gasteiger partial charge in [0.15, 0.2) is 0 Å². The lowest BCUT2D eigenvalue weighted by molar-refractivity contribution is 0.302. The first-order valence-corrected chi connectivity index (χ1v) is 4.06. The van der Waals surface area contributed by atoms with Crippen molar-refractivity contribution in [2.45, 2.75) is 34.6 Å². The molecule has 0 N–H and O–H groups in total. The Labute approximate surface area is 70.8 Å². The molecule has 0 aromatic heterocycles. The zero-order valence-electron chi connectivity index (χ0n) is 8.56. The Morgan fingerprint density at radius 1 is 1.18 bits per heavy atom. The summed E-state index contributed by atoms with van der Waals surface area (Å²) in [7, 11) is 1.68. The maximum atomic E-state index is 5.04. The summed E-state index contributed by atoms with van der Waals surface area (Å²) in [4.78, 5) is 0. The second-order valence-electron chi connectivity index (χ2n) is 2.07. The highest BCUT2D eigenvalue weighted by molar-refractivity contribution is 5.16. The predicted octanol–water partition coefficient (Wildman–Crippen LogP) is 3.53. The molecule has 0 saturated heterocycles. The molecule has 0 aliphatic heterocycles. The highest BCUT2D eigenvalue weighted by atomic mass is 16.5. The van der Waals surface area contributed by atoms with Crippen LogP contribution in [0.4, 0.5) is 0 Å². The van der Waals surface area contributed by atoms with E-state index in [1.807, 2.05) is 46.8 Å². The Bertz CT molecular complexity index is 128. The second kappa shape index (κ2) is 9.28. The molecule has 0 heterocycles. The molecule has 0 bridgehead atoms. The third-order valence-electron chi connectivity index (χ3n) is 1.03. The Balaban J connectivity index is 0. The minimum absolute atomic E-state index is 0.956. The number of rotatable bonds is 2. The standard InChI is InChI=1S/C8H14O.C2H6/c1-5-6-8(9-4)7(2)3;1-2/h5-6H,1-4H3;1-2H3/b6-5-;. The Morgan fingerprint density at radius 3 is 1.73 bits per heavy atom. The first-order chi connectivity index (χ1) is 5.22. The van der Waals surface area contributed by atoms with Crippen molar-refractivity contribution in [1.82, 2.24) is 0 Å². The molecule has 0 aromatic carbocycles. The first-order valence-electron chi connectivity index (χ1n) is 4.06. The average molecular weight is 156 g/mol. The van der Waals surface area contributed by atoms with E-state index in [4.69, 9.17) is 4.74 Å². The van der Waals surface area contributed by atoms with Gasteiger partial charge in [-0.25, -0.2) is 0 Å². The van der Waals surface area contributed by atoms with Gasteiger partial charge in [-0.3, -0.25) is 0 Å². The van der Waals surface area contributed by atoms with Crippen LogP contribution in [0.2, 0.25) is 0 Å². The van der Waals surface area contributed by atoms with Crippen molar-refractivity contribution in [2.75, 3.05) is 7.11 Å². The van der Waals surface area contributed by atoms with Crippen molar-refractivity contribution < 1.29 is 4.74 Å². The number of methoxy groups -OCH3 is 1. The lowest BCUT2D eigenvalue weighted by atomic mass is 10.3. The fraction of sp³-hybridized carbons (Fsp3) is 0.600. The summed E-state index contributed by atoms with van der Waals surface area (Å²) in [5, 5.41) is 0. The van der Waals surface area contributed by atoms with Crippen LogP contribution in [0.25, 0.3) is 0 Å². The maximum absolute atomic E-state index is 5.04. The van der Waals surface area contributed by atoms with E-state index in [1.54, 1.807) is 7.11 Å². The third-order valence-corrected chi connectivity index (χ3v) is 1.03. The van der Waals surface area contributed by atoms with Crippen LogP contribution in [-0.2, 0) is 4.74 Å². The molecule has 0 rings (SSSR count). The molecular weight excluding hydrogens is 136 g/mol. The van der Waals surface area contributed by atoms with Crippen LogP contribution >= 0.6 is 0 Å². The van der Waals surface area contributed by atoms with Gasteiger partial charge in [-0.15, -0.1) is 0 Å². The molecule has 0 fully saturated rings. The van der Waals surface area contributed by atoms with Gasteiger partial charge in [0, 0.05) is 0 Å². The van der Waals surface area contributed by atoms with Crippen LogP contribution in [-0.4, -0.2) is 7.11 Å². The van der Waals surface area contributed by atoms with Gasteiger partial charge < -0.3 is 4.74 Å². The van der Waals surface area contributed by atoms with Gasteiger partial charge in [0.05, 0.1) is 7.11 Å². The van der Waals surface area contributed by atoms with Crippen LogP contribution in [0.3, 0.4) is 0 Å². The summed E-state index contributed by atoms with van der Waals surface area (Å²) >= 11 is 0. The van der Waals surface area contributed by atoms with E-state index < -0.39 is 0 Å². The van der Waals surface area contributed by atoms with Crippen molar-refractivity contribution in [3.8, 4) is 0 Å². The molecule has 0 radical (unpaired) electrons. The summed E-state index contributed by atoms with van der Waals surface area (Å²) in [6.45, 7) is 10.0. The van der Waals surface area contributed by atoms with Gasteiger partial charge in [0.1, 0.15) is 5.76 Å². The van der Waals surface area contributed by atoms with Gasteiger partial charge in [-0.2, -0.15) is 0 Å². The molecule has 0 aliphatic carbocycles. The summed E-state index contributed by atoms with van der Waals surface area (Å²) < 4.78 is 5.04. The molecule has 0 amide bonds. The largest absolute Gasteiger partial charge is 0.497 e. The highest BCUT2D eigenvalue weighted by Crippen LogP contribution is 2.04. The molecule has 0 spiro atoms. The van der Waals surface area contributed by atoms with Gasteiger partial charge in [0.2, 0.25) is 0 Å². The van der Waals surface area contributed by atoms with Crippen LogP contribution in [0, 0.1) is 0 Å². The van der Waals surface area contributed by atoms with E-state index in [-0.39, 0.29) is 0 Å². The van der Waals surface area contributed by atoms with Crippen molar-refractivity contribution in [3.05, 3.63) is 23.5 Å². The van der Waals surface area contributed by atoms with E-state index in [2.05, 4.69) is 0 Å². The molecule has 1 heteroatoms. The van der Waals surface area contributed by atoms with E-state index in [1.165, 1.54) is 5.57 Å². The third kappa shape index (κ3) is 7.17. The summed E-state index contributed by atoms with van der Waals surface area (Å²) in [6, 6.07) is 0. The number of allylic oxidation sites excluding steroid dienone is 3. The summed E-state index contributed by atoms with van der Waals surface area (Å²) in [5.41, 5.74) is 1.20. The maximum Gasteiger partial charge on any atom is 0.117 e. The first kappa shape index (κ1) is 12.9. The molecule has 1 nitrogen and oxygen atoms in total. The lowest BCUT2D eigenvalue weighted by Gasteiger charge is -2.00. The molecule has 0 aromatic rings. The normalized spacial score (nSPS) is 8.55. The number of hydrogen-bond donors (Lipinski definition) is 0. The van der Waals surface area contributed by atoms with Crippen molar-refractivity contribution in [1.29, 1.82) is 0 Å². The van der Waals surface area contributed by atoms with E-state index in [0.717, 1.165) is 5.76 Å². The number of hydrogen-bond acceptors (Lipinski definition) is 1. The average Bonchev–Trinajstić information content (AvgIpc) is 2.03. The monoisotopic (exact) mass is 156 g/mol. The van der Waals surface area contributed by atoms with Gasteiger partial charge >= 0.3 is 0 Å². The molecule has 0 unspecified atom stereocenters. The molecule has 0 aliphatic rings. The topological polar surface area (TPSA) is 9.23 Å². The number of ether oxygens (including phenoxy) is 1. The van der Waals surface area contributed by atoms with Crippen molar-refractivity contribution in [2.24, 2.45) is 0 Å². The zero-order chi connectivity index (χ0) is 9.28. The zero-order valence-corrected chi connectivity index (χ0v) is 8.56. The van der Waals surface area contributed by atoms with Crippen molar-refractivity contribution >= 4 is 0 Å². The summed E-state index contributed by atoms with van der Waals surface area (Å²) in [5.74, 6) is 0.956. The predicted molar refractivity (Wildman–Crippen MR) is 51.5 cm³/mol. The minimum atomic E-state index is 0.956. The smallest absolute Gasteiger partial charge is 0.117 e. The van der Waals surface area contributed by atoms with Crippen LogP contribution in [0.15, 0.2) is 23.5 Å². The second-order valence-corrected chi connectivity index (χ2v) is 2.07. The van der Waals surface area contributed by atoms with Gasteiger partial charge in [-0.1, -0.05) is 19.9 Å². The van der Waals surface area contributed by atoms with Crippen LogP contribution < -0.4 is 0 Å². The Morgan fingerprint density at radius 2 is 1.64 bits per heavy atom. The van der Waals surface area contributed by atoms with E-state index in [9.17, 15) is 0 Å². The van der Waals surface area contributed by atoms with E-state index >= 15 is 0 Å². The quantitative estimate of drug-likeness (QED) is 0.439. The van der Waals surface area contributed by atoms with E-state index in [0.29, 0.717) is 0 Å². The molecule has 11 heavy (non-hydrogen) atoms. The van der Waals surface area contributed by atoms with Gasteiger partial charge in [0.25, 0.3) is 0 Å². The van der Waals surface area contributed by atoms with Crippen LogP contribution in [0.1, 0.15) is 34.6 Å². The fourth-order valence-electron chi connectivity index (χ4n) is 0.590. The van der Waals surface area contributed by atoms with Crippen LogP contribution in [0.5, 0.6) is 0 Å². The minimum Gasteiger partial charge on any atom is -0.497 e. The molecule has 66 valence electrons. The highest BCUT2D eigenvalue weighted by Gasteiger charge is 1.88. The van der Waals surface area contributed by atoms with Crippen molar-refractivity contribution in [3.63, 3.8) is 0 Å².